The van der Waals surface area contributed by atoms with E-state index in [2.05, 4.69) is 5.10 Å². The number of aromatic nitrogens is 2. The van der Waals surface area contributed by atoms with Crippen molar-refractivity contribution in [2.24, 2.45) is 5.73 Å². The molecule has 1 saturated heterocycles. The largest absolute Gasteiger partial charge is 0.337 e. The first-order valence-electron chi connectivity index (χ1n) is 7.48. The Morgan fingerprint density at radius 2 is 2.14 bits per heavy atom. The Morgan fingerprint density at radius 1 is 1.41 bits per heavy atom. The van der Waals surface area contributed by atoms with Crippen molar-refractivity contribution in [3.63, 3.8) is 0 Å². The maximum Gasteiger partial charge on any atom is 0.257 e. The van der Waals surface area contributed by atoms with Gasteiger partial charge in [0, 0.05) is 19.1 Å². The first kappa shape index (κ1) is 14.7. The second-order valence-corrected chi connectivity index (χ2v) is 5.55. The molecule has 2 aromatic rings. The lowest BCUT2D eigenvalue weighted by molar-refractivity contribution is 0.0790. The lowest BCUT2D eigenvalue weighted by Gasteiger charge is -2.16. The van der Waals surface area contributed by atoms with E-state index in [4.69, 9.17) is 5.73 Å². The topological polar surface area (TPSA) is 64.2 Å². The van der Waals surface area contributed by atoms with E-state index in [0.29, 0.717) is 25.1 Å². The van der Waals surface area contributed by atoms with Crippen molar-refractivity contribution in [1.29, 1.82) is 0 Å². The molecule has 3 rings (SSSR count). The summed E-state index contributed by atoms with van der Waals surface area (Å²) >= 11 is 0. The van der Waals surface area contributed by atoms with Gasteiger partial charge in [-0.25, -0.2) is 9.07 Å². The molecule has 1 fully saturated rings. The average molecular weight is 302 g/mol. The quantitative estimate of drug-likeness (QED) is 0.939. The predicted molar refractivity (Wildman–Crippen MR) is 81.4 cm³/mol. The van der Waals surface area contributed by atoms with E-state index in [1.54, 1.807) is 27.9 Å². The highest BCUT2D eigenvalue weighted by Gasteiger charge is 2.27. The van der Waals surface area contributed by atoms with Crippen molar-refractivity contribution < 1.29 is 9.18 Å². The third-order valence-corrected chi connectivity index (χ3v) is 4.02. The SMILES string of the molecule is CCc1c(C(=O)N2CCC(N)C2)cnn1-c1ccc(F)cc1. The lowest BCUT2D eigenvalue weighted by Crippen LogP contribution is -2.32. The smallest absolute Gasteiger partial charge is 0.257 e. The normalized spacial score (nSPS) is 18.0. The third kappa shape index (κ3) is 2.62. The number of nitrogens with zero attached hydrogens (tertiary/aromatic N) is 3. The maximum absolute atomic E-state index is 13.1. The van der Waals surface area contributed by atoms with Crippen LogP contribution in [0.4, 0.5) is 4.39 Å². The lowest BCUT2D eigenvalue weighted by atomic mass is 10.1. The molecule has 1 atom stereocenters. The molecule has 22 heavy (non-hydrogen) atoms. The summed E-state index contributed by atoms with van der Waals surface area (Å²) in [4.78, 5) is 14.4. The predicted octanol–water partition coefficient (Wildman–Crippen LogP) is 1.75. The Kier molecular flexibility index (Phi) is 3.94. The summed E-state index contributed by atoms with van der Waals surface area (Å²) in [5, 5.41) is 4.31. The zero-order valence-corrected chi connectivity index (χ0v) is 12.5. The molecule has 5 nitrogen and oxygen atoms in total. The van der Waals surface area contributed by atoms with Crippen LogP contribution in [0.3, 0.4) is 0 Å². The van der Waals surface area contributed by atoms with E-state index in [0.717, 1.165) is 17.8 Å². The average Bonchev–Trinajstić information content (AvgIpc) is 3.13. The van der Waals surface area contributed by atoms with Gasteiger partial charge in [-0.2, -0.15) is 5.10 Å². The van der Waals surface area contributed by atoms with Crippen molar-refractivity contribution in [2.75, 3.05) is 13.1 Å². The summed E-state index contributed by atoms with van der Waals surface area (Å²) < 4.78 is 14.8. The number of rotatable bonds is 3. The Balaban J connectivity index is 1.93. The molecule has 116 valence electrons. The molecule has 0 saturated carbocycles. The Labute approximate surface area is 128 Å². The summed E-state index contributed by atoms with van der Waals surface area (Å²) in [7, 11) is 0. The summed E-state index contributed by atoms with van der Waals surface area (Å²) in [6.45, 7) is 3.25. The van der Waals surface area contributed by atoms with E-state index >= 15 is 0 Å². The van der Waals surface area contributed by atoms with Gasteiger partial charge in [-0.1, -0.05) is 6.92 Å². The van der Waals surface area contributed by atoms with Crippen LogP contribution in [0.1, 0.15) is 29.4 Å². The molecule has 1 aromatic carbocycles. The highest BCUT2D eigenvalue weighted by Crippen LogP contribution is 2.19. The Bertz CT molecular complexity index is 680. The number of carbonyl (C=O) groups is 1. The molecule has 1 aromatic heterocycles. The van der Waals surface area contributed by atoms with Crippen LogP contribution < -0.4 is 5.73 Å². The van der Waals surface area contributed by atoms with Gasteiger partial charge in [0.1, 0.15) is 5.82 Å². The van der Waals surface area contributed by atoms with Crippen LogP contribution in [0.15, 0.2) is 30.5 Å². The molecule has 0 aliphatic carbocycles. The van der Waals surface area contributed by atoms with Crippen molar-refractivity contribution in [3.05, 3.63) is 47.5 Å². The third-order valence-electron chi connectivity index (χ3n) is 4.02. The minimum absolute atomic E-state index is 0.0295. The van der Waals surface area contributed by atoms with E-state index in [9.17, 15) is 9.18 Å². The second kappa shape index (κ2) is 5.88. The van der Waals surface area contributed by atoms with Gasteiger partial charge in [-0.05, 0) is 37.1 Å². The maximum atomic E-state index is 13.1. The number of hydrogen-bond acceptors (Lipinski definition) is 3. The summed E-state index contributed by atoms with van der Waals surface area (Å²) in [6, 6.07) is 6.14. The van der Waals surface area contributed by atoms with E-state index in [1.165, 1.54) is 12.1 Å². The van der Waals surface area contributed by atoms with Gasteiger partial charge in [0.25, 0.3) is 5.91 Å². The highest BCUT2D eigenvalue weighted by atomic mass is 19.1. The highest BCUT2D eigenvalue weighted by molar-refractivity contribution is 5.95. The first-order valence-corrected chi connectivity index (χ1v) is 7.48. The molecule has 0 spiro atoms. The number of likely N-dealkylation sites (tertiary alicyclic amines) is 1. The molecule has 1 aliphatic heterocycles. The zero-order valence-electron chi connectivity index (χ0n) is 12.5. The fraction of sp³-hybridized carbons (Fsp3) is 0.375. The van der Waals surface area contributed by atoms with Crippen LogP contribution >= 0.6 is 0 Å². The van der Waals surface area contributed by atoms with Crippen molar-refractivity contribution >= 4 is 5.91 Å². The van der Waals surface area contributed by atoms with Crippen LogP contribution in [-0.2, 0) is 6.42 Å². The van der Waals surface area contributed by atoms with Gasteiger partial charge in [0.15, 0.2) is 0 Å². The molecule has 1 unspecified atom stereocenters. The van der Waals surface area contributed by atoms with Crippen LogP contribution in [0.25, 0.3) is 5.69 Å². The van der Waals surface area contributed by atoms with Crippen LogP contribution in [-0.4, -0.2) is 39.7 Å². The minimum Gasteiger partial charge on any atom is -0.337 e. The van der Waals surface area contributed by atoms with Gasteiger partial charge >= 0.3 is 0 Å². The molecule has 0 bridgehead atoms. The van der Waals surface area contributed by atoms with Crippen LogP contribution in [0.5, 0.6) is 0 Å². The first-order chi connectivity index (χ1) is 10.6. The molecule has 1 amide bonds. The molecule has 1 aliphatic rings. The van der Waals surface area contributed by atoms with Crippen molar-refractivity contribution in [1.82, 2.24) is 14.7 Å². The molecule has 2 N–H and O–H groups in total. The molecular formula is C16H19FN4O. The monoisotopic (exact) mass is 302 g/mol. The van der Waals surface area contributed by atoms with Crippen molar-refractivity contribution in [2.45, 2.75) is 25.8 Å². The van der Waals surface area contributed by atoms with E-state index < -0.39 is 0 Å². The fourth-order valence-corrected chi connectivity index (χ4v) is 2.84. The van der Waals surface area contributed by atoms with Crippen molar-refractivity contribution in [3.8, 4) is 5.69 Å². The minimum atomic E-state index is -0.295. The van der Waals surface area contributed by atoms with Gasteiger partial charge < -0.3 is 10.6 Å². The standard InChI is InChI=1S/C16H19FN4O/c1-2-15-14(16(22)20-8-7-12(18)10-20)9-19-21(15)13-5-3-11(17)4-6-13/h3-6,9,12H,2,7-8,10,18H2,1H3. The molecule has 6 heteroatoms. The fourth-order valence-electron chi connectivity index (χ4n) is 2.84. The summed E-state index contributed by atoms with van der Waals surface area (Å²) in [6.07, 6.45) is 3.09. The number of carbonyl (C=O) groups excluding carboxylic acids is 1. The van der Waals surface area contributed by atoms with Crippen LogP contribution in [0.2, 0.25) is 0 Å². The van der Waals surface area contributed by atoms with Crippen LogP contribution in [0, 0.1) is 5.82 Å². The number of benzene rings is 1. The second-order valence-electron chi connectivity index (χ2n) is 5.55. The molecule has 2 heterocycles. The number of nitrogens with two attached hydrogens (primary N) is 1. The Morgan fingerprint density at radius 3 is 2.73 bits per heavy atom. The van der Waals surface area contributed by atoms with Gasteiger partial charge in [0.2, 0.25) is 0 Å². The van der Waals surface area contributed by atoms with Gasteiger partial charge in [-0.15, -0.1) is 0 Å². The molecule has 0 radical (unpaired) electrons. The zero-order chi connectivity index (χ0) is 15.7. The summed E-state index contributed by atoms with van der Waals surface area (Å²) in [5.74, 6) is -0.325. The summed E-state index contributed by atoms with van der Waals surface area (Å²) in [5.41, 5.74) is 8.05. The number of amides is 1. The van der Waals surface area contributed by atoms with Gasteiger partial charge in [0.05, 0.1) is 23.1 Å². The number of hydrogen-bond donors (Lipinski definition) is 1. The van der Waals surface area contributed by atoms with E-state index in [-0.39, 0.29) is 17.8 Å². The Hall–Kier alpha value is -2.21. The van der Waals surface area contributed by atoms with E-state index in [1.807, 2.05) is 6.92 Å². The van der Waals surface area contributed by atoms with Gasteiger partial charge in [-0.3, -0.25) is 4.79 Å². The molecular weight excluding hydrogens is 283 g/mol. The number of halogens is 1.